The van der Waals surface area contributed by atoms with E-state index in [1.54, 1.807) is 6.20 Å². The third-order valence-corrected chi connectivity index (χ3v) is 2.13. The minimum Gasteiger partial charge on any atom is -0.398 e. The zero-order valence-electron chi connectivity index (χ0n) is 8.70. The molecule has 0 aliphatic rings. The Hall–Kier alpha value is -1.09. The van der Waals surface area contributed by atoms with Gasteiger partial charge in [0.15, 0.2) is 0 Å². The number of nitrogens with two attached hydrogens (primary N) is 1. The normalized spacial score (nSPS) is 10.4. The second-order valence-electron chi connectivity index (χ2n) is 3.23. The van der Waals surface area contributed by atoms with E-state index in [0.717, 1.165) is 43.7 Å². The van der Waals surface area contributed by atoms with Gasteiger partial charge in [-0.15, -0.1) is 0 Å². The van der Waals surface area contributed by atoms with Crippen LogP contribution in [0.5, 0.6) is 0 Å². The van der Waals surface area contributed by atoms with Crippen molar-refractivity contribution in [2.24, 2.45) is 0 Å². The van der Waals surface area contributed by atoms with Crippen LogP contribution in [0.4, 0.5) is 5.69 Å². The Kier molecular flexibility index (Phi) is 5.00. The standard InChI is InChI=1S/C11H18N2O/c1-2-14-8-4-3-5-10-9-13-7-6-11(10)12/h6-7,9H,2-5,8H2,1H3,(H2,12,13). The highest BCUT2D eigenvalue weighted by atomic mass is 16.5. The Morgan fingerprint density at radius 2 is 2.29 bits per heavy atom. The van der Waals surface area contributed by atoms with Crippen molar-refractivity contribution in [3.8, 4) is 0 Å². The Morgan fingerprint density at radius 1 is 1.43 bits per heavy atom. The van der Waals surface area contributed by atoms with Gasteiger partial charge in [-0.05, 0) is 37.8 Å². The van der Waals surface area contributed by atoms with Crippen molar-refractivity contribution >= 4 is 5.69 Å². The molecule has 1 aromatic rings. The summed E-state index contributed by atoms with van der Waals surface area (Å²) in [4.78, 5) is 4.05. The van der Waals surface area contributed by atoms with Crippen LogP contribution in [-0.4, -0.2) is 18.2 Å². The molecule has 0 aliphatic carbocycles. The summed E-state index contributed by atoms with van der Waals surface area (Å²) < 4.78 is 5.25. The molecule has 0 radical (unpaired) electrons. The largest absolute Gasteiger partial charge is 0.398 e. The zero-order chi connectivity index (χ0) is 10.2. The van der Waals surface area contributed by atoms with Gasteiger partial charge in [-0.25, -0.2) is 0 Å². The van der Waals surface area contributed by atoms with E-state index in [1.165, 1.54) is 0 Å². The molecule has 0 saturated heterocycles. The van der Waals surface area contributed by atoms with Crippen molar-refractivity contribution in [1.29, 1.82) is 0 Å². The number of ether oxygens (including phenoxy) is 1. The molecule has 0 aromatic carbocycles. The molecule has 3 heteroatoms. The lowest BCUT2D eigenvalue weighted by Gasteiger charge is -2.04. The first-order chi connectivity index (χ1) is 6.84. The van der Waals surface area contributed by atoms with Gasteiger partial charge in [0.05, 0.1) is 0 Å². The van der Waals surface area contributed by atoms with E-state index in [1.807, 2.05) is 19.2 Å². The van der Waals surface area contributed by atoms with E-state index in [4.69, 9.17) is 10.5 Å². The van der Waals surface area contributed by atoms with E-state index in [2.05, 4.69) is 4.98 Å². The van der Waals surface area contributed by atoms with Crippen molar-refractivity contribution in [1.82, 2.24) is 4.98 Å². The molecule has 1 heterocycles. The number of rotatable bonds is 6. The van der Waals surface area contributed by atoms with Gasteiger partial charge in [0.2, 0.25) is 0 Å². The number of pyridine rings is 1. The van der Waals surface area contributed by atoms with Gasteiger partial charge < -0.3 is 10.5 Å². The van der Waals surface area contributed by atoms with Crippen LogP contribution >= 0.6 is 0 Å². The highest BCUT2D eigenvalue weighted by Gasteiger charge is 1.97. The van der Waals surface area contributed by atoms with E-state index in [0.29, 0.717) is 0 Å². The smallest absolute Gasteiger partial charge is 0.0466 e. The lowest BCUT2D eigenvalue weighted by Crippen LogP contribution is -1.98. The fourth-order valence-electron chi connectivity index (χ4n) is 1.31. The summed E-state index contributed by atoms with van der Waals surface area (Å²) in [5.41, 5.74) is 7.78. The van der Waals surface area contributed by atoms with Gasteiger partial charge in [-0.3, -0.25) is 4.98 Å². The summed E-state index contributed by atoms with van der Waals surface area (Å²) in [7, 11) is 0. The average molecular weight is 194 g/mol. The van der Waals surface area contributed by atoms with Crippen LogP contribution in [0.25, 0.3) is 0 Å². The zero-order valence-corrected chi connectivity index (χ0v) is 8.70. The summed E-state index contributed by atoms with van der Waals surface area (Å²) in [6.07, 6.45) is 6.75. The molecule has 0 aliphatic heterocycles. The number of aryl methyl sites for hydroxylation is 1. The second-order valence-corrected chi connectivity index (χ2v) is 3.23. The van der Waals surface area contributed by atoms with Crippen LogP contribution in [0.15, 0.2) is 18.5 Å². The quantitative estimate of drug-likeness (QED) is 0.705. The molecule has 0 amide bonds. The number of unbranched alkanes of at least 4 members (excludes halogenated alkanes) is 1. The topological polar surface area (TPSA) is 48.1 Å². The van der Waals surface area contributed by atoms with Crippen LogP contribution in [0.2, 0.25) is 0 Å². The monoisotopic (exact) mass is 194 g/mol. The SMILES string of the molecule is CCOCCCCc1cnccc1N. The first-order valence-electron chi connectivity index (χ1n) is 5.10. The molecule has 0 atom stereocenters. The van der Waals surface area contributed by atoms with E-state index in [-0.39, 0.29) is 0 Å². The van der Waals surface area contributed by atoms with Crippen LogP contribution in [0.1, 0.15) is 25.3 Å². The Labute approximate surface area is 85.3 Å². The molecule has 1 rings (SSSR count). The number of hydrogen-bond acceptors (Lipinski definition) is 3. The third-order valence-electron chi connectivity index (χ3n) is 2.13. The third kappa shape index (κ3) is 3.75. The van der Waals surface area contributed by atoms with Crippen molar-refractivity contribution in [2.75, 3.05) is 18.9 Å². The van der Waals surface area contributed by atoms with E-state index < -0.39 is 0 Å². The van der Waals surface area contributed by atoms with Crippen molar-refractivity contribution in [3.63, 3.8) is 0 Å². The summed E-state index contributed by atoms with van der Waals surface area (Å²) in [6, 6.07) is 1.85. The highest BCUT2D eigenvalue weighted by Crippen LogP contribution is 2.11. The van der Waals surface area contributed by atoms with Gasteiger partial charge >= 0.3 is 0 Å². The summed E-state index contributed by atoms with van der Waals surface area (Å²) >= 11 is 0. The summed E-state index contributed by atoms with van der Waals surface area (Å²) in [5, 5.41) is 0. The average Bonchev–Trinajstić information content (AvgIpc) is 2.20. The predicted molar refractivity (Wildman–Crippen MR) is 58.1 cm³/mol. The molecule has 1 aromatic heterocycles. The number of anilines is 1. The van der Waals surface area contributed by atoms with Crippen molar-refractivity contribution in [3.05, 3.63) is 24.0 Å². The van der Waals surface area contributed by atoms with Crippen LogP contribution in [0.3, 0.4) is 0 Å². The van der Waals surface area contributed by atoms with Crippen LogP contribution < -0.4 is 5.73 Å². The molecule has 0 spiro atoms. The second kappa shape index (κ2) is 6.38. The molecule has 78 valence electrons. The Bertz CT molecular complexity index is 263. The lowest BCUT2D eigenvalue weighted by atomic mass is 10.1. The number of nitrogens with zero attached hydrogens (tertiary/aromatic N) is 1. The van der Waals surface area contributed by atoms with Crippen molar-refractivity contribution < 1.29 is 4.74 Å². The van der Waals surface area contributed by atoms with Crippen molar-refractivity contribution in [2.45, 2.75) is 26.2 Å². The molecule has 0 fully saturated rings. The van der Waals surface area contributed by atoms with Gasteiger partial charge in [0, 0.05) is 31.3 Å². The number of hydrogen-bond donors (Lipinski definition) is 1. The Balaban J connectivity index is 2.21. The number of nitrogen functional groups attached to an aromatic ring is 1. The number of aromatic nitrogens is 1. The minimum absolute atomic E-state index is 0.801. The van der Waals surface area contributed by atoms with E-state index >= 15 is 0 Å². The maximum atomic E-state index is 5.79. The Morgan fingerprint density at radius 3 is 3.00 bits per heavy atom. The van der Waals surface area contributed by atoms with Crippen LogP contribution in [0, 0.1) is 0 Å². The summed E-state index contributed by atoms with van der Waals surface area (Å²) in [5.74, 6) is 0. The molecule has 0 unspecified atom stereocenters. The van der Waals surface area contributed by atoms with Crippen LogP contribution in [-0.2, 0) is 11.2 Å². The molecule has 14 heavy (non-hydrogen) atoms. The molecule has 0 bridgehead atoms. The first-order valence-corrected chi connectivity index (χ1v) is 5.10. The maximum absolute atomic E-state index is 5.79. The van der Waals surface area contributed by atoms with Gasteiger partial charge in [0.25, 0.3) is 0 Å². The lowest BCUT2D eigenvalue weighted by molar-refractivity contribution is 0.143. The van der Waals surface area contributed by atoms with Gasteiger partial charge in [-0.1, -0.05) is 0 Å². The molecule has 0 saturated carbocycles. The fourth-order valence-corrected chi connectivity index (χ4v) is 1.31. The fraction of sp³-hybridized carbons (Fsp3) is 0.545. The molecule has 2 N–H and O–H groups in total. The minimum atomic E-state index is 0.801. The summed E-state index contributed by atoms with van der Waals surface area (Å²) in [6.45, 7) is 3.66. The molecular formula is C11H18N2O. The van der Waals surface area contributed by atoms with Gasteiger partial charge in [0.1, 0.15) is 0 Å². The molecule has 3 nitrogen and oxygen atoms in total. The first kappa shape index (κ1) is 11.0. The predicted octanol–water partition coefficient (Wildman–Crippen LogP) is 2.02. The molecular weight excluding hydrogens is 176 g/mol. The highest BCUT2D eigenvalue weighted by molar-refractivity contribution is 5.44. The maximum Gasteiger partial charge on any atom is 0.0466 e. The van der Waals surface area contributed by atoms with E-state index in [9.17, 15) is 0 Å². The van der Waals surface area contributed by atoms with Gasteiger partial charge in [-0.2, -0.15) is 0 Å².